The van der Waals surface area contributed by atoms with Gasteiger partial charge in [0.1, 0.15) is 24.2 Å². The highest BCUT2D eigenvalue weighted by atomic mass is 16.5. The van der Waals surface area contributed by atoms with Crippen LogP contribution in [-0.2, 0) is 6.54 Å². The Labute approximate surface area is 134 Å². The highest BCUT2D eigenvalue weighted by Crippen LogP contribution is 2.17. The van der Waals surface area contributed by atoms with E-state index in [1.54, 1.807) is 31.0 Å². The molecule has 6 heteroatoms. The minimum absolute atomic E-state index is 0.211. The minimum atomic E-state index is -0.653. The van der Waals surface area contributed by atoms with Gasteiger partial charge in [0, 0.05) is 24.8 Å². The molecule has 118 valence electrons. The molecule has 0 radical (unpaired) electrons. The topological polar surface area (TPSA) is 73.1 Å². The van der Waals surface area contributed by atoms with E-state index >= 15 is 0 Å². The molecule has 3 rings (SSSR count). The second-order valence-electron chi connectivity index (χ2n) is 5.22. The van der Waals surface area contributed by atoms with Crippen molar-refractivity contribution < 1.29 is 9.84 Å². The predicted octanol–water partition coefficient (Wildman–Crippen LogP) is 2.09. The van der Waals surface area contributed by atoms with E-state index in [2.05, 4.69) is 15.0 Å². The summed E-state index contributed by atoms with van der Waals surface area (Å²) in [5.74, 6) is 1.46. The van der Waals surface area contributed by atoms with E-state index in [9.17, 15) is 5.11 Å². The molecule has 0 bridgehead atoms. The Morgan fingerprint density at radius 2 is 2.04 bits per heavy atom. The maximum absolute atomic E-state index is 10.2. The number of rotatable bonds is 6. The Hall–Kier alpha value is -2.73. The number of aliphatic hydroxyl groups excluding tert-OH is 1. The van der Waals surface area contributed by atoms with Crippen LogP contribution < -0.4 is 4.74 Å². The molecule has 6 nitrogen and oxygen atoms in total. The van der Waals surface area contributed by atoms with Gasteiger partial charge in [-0.05, 0) is 18.6 Å². The van der Waals surface area contributed by atoms with Crippen LogP contribution in [-0.4, -0.2) is 37.3 Å². The molecule has 0 saturated carbocycles. The summed E-state index contributed by atoms with van der Waals surface area (Å²) in [6, 6.07) is 7.74. The van der Waals surface area contributed by atoms with Crippen molar-refractivity contribution >= 4 is 0 Å². The van der Waals surface area contributed by atoms with E-state index in [0.29, 0.717) is 18.1 Å². The van der Waals surface area contributed by atoms with Gasteiger partial charge in [0.05, 0.1) is 12.7 Å². The summed E-state index contributed by atoms with van der Waals surface area (Å²) in [7, 11) is 0. The van der Waals surface area contributed by atoms with Crippen molar-refractivity contribution in [3.05, 3.63) is 60.8 Å². The lowest BCUT2D eigenvalue weighted by Crippen LogP contribution is -2.24. The molecule has 2 aromatic heterocycles. The van der Waals surface area contributed by atoms with Crippen LogP contribution in [0.3, 0.4) is 0 Å². The molecule has 0 spiro atoms. The fourth-order valence-corrected chi connectivity index (χ4v) is 2.29. The maximum atomic E-state index is 10.2. The number of aromatic nitrogens is 4. The van der Waals surface area contributed by atoms with E-state index in [1.807, 2.05) is 35.8 Å². The Balaban J connectivity index is 1.64. The number of nitrogens with zero attached hydrogens (tertiary/aromatic N) is 4. The number of aryl methyl sites for hydroxylation is 1. The first-order valence-electron chi connectivity index (χ1n) is 7.38. The molecule has 0 aliphatic carbocycles. The monoisotopic (exact) mass is 310 g/mol. The maximum Gasteiger partial charge on any atom is 0.160 e. The molecule has 2 heterocycles. The Morgan fingerprint density at radius 3 is 2.83 bits per heavy atom. The number of hydrogen-bond acceptors (Lipinski definition) is 5. The van der Waals surface area contributed by atoms with E-state index in [-0.39, 0.29) is 6.61 Å². The molecule has 0 amide bonds. The van der Waals surface area contributed by atoms with Gasteiger partial charge in [-0.2, -0.15) is 0 Å². The molecule has 0 aliphatic heterocycles. The van der Waals surface area contributed by atoms with Crippen molar-refractivity contribution in [3.63, 3.8) is 0 Å². The van der Waals surface area contributed by atoms with Crippen molar-refractivity contribution in [1.82, 2.24) is 19.5 Å². The number of aliphatic hydroxyl groups is 1. The minimum Gasteiger partial charge on any atom is -0.491 e. The first-order valence-corrected chi connectivity index (χ1v) is 7.38. The van der Waals surface area contributed by atoms with Gasteiger partial charge in [0.25, 0.3) is 0 Å². The Morgan fingerprint density at radius 1 is 1.17 bits per heavy atom. The molecule has 1 atom stereocenters. The van der Waals surface area contributed by atoms with Crippen LogP contribution in [0.15, 0.2) is 55.2 Å². The number of para-hydroxylation sites is 1. The van der Waals surface area contributed by atoms with Gasteiger partial charge in [-0.1, -0.05) is 18.2 Å². The summed E-state index contributed by atoms with van der Waals surface area (Å²) in [4.78, 5) is 12.6. The van der Waals surface area contributed by atoms with Crippen LogP contribution in [0.5, 0.6) is 5.75 Å². The zero-order chi connectivity index (χ0) is 16.1. The van der Waals surface area contributed by atoms with Gasteiger partial charge >= 0.3 is 0 Å². The molecular weight excluding hydrogens is 292 g/mol. The van der Waals surface area contributed by atoms with Crippen LogP contribution in [0.4, 0.5) is 0 Å². The fourth-order valence-electron chi connectivity index (χ4n) is 2.29. The smallest absolute Gasteiger partial charge is 0.160 e. The van der Waals surface area contributed by atoms with Crippen LogP contribution in [0, 0.1) is 6.92 Å². The standard InChI is InChI=1S/C17H18N4O2/c1-13-4-2-3-5-16(13)23-12-14(22)11-21-9-8-20-17(21)15-10-18-6-7-19-15/h2-10,14,22H,11-12H2,1H3. The highest BCUT2D eigenvalue weighted by molar-refractivity contribution is 5.47. The third kappa shape index (κ3) is 3.73. The van der Waals surface area contributed by atoms with Gasteiger partial charge in [-0.25, -0.2) is 9.97 Å². The largest absolute Gasteiger partial charge is 0.491 e. The lowest BCUT2D eigenvalue weighted by Gasteiger charge is -2.15. The third-order valence-corrected chi connectivity index (χ3v) is 3.44. The second kappa shape index (κ2) is 7.02. The van der Waals surface area contributed by atoms with E-state index in [1.165, 1.54) is 0 Å². The van der Waals surface area contributed by atoms with E-state index < -0.39 is 6.10 Å². The van der Waals surface area contributed by atoms with Gasteiger partial charge in [-0.3, -0.25) is 4.98 Å². The SMILES string of the molecule is Cc1ccccc1OCC(O)Cn1ccnc1-c1cnccn1. The molecule has 0 saturated heterocycles. The van der Waals surface area contributed by atoms with Crippen molar-refractivity contribution in [2.75, 3.05) is 6.61 Å². The number of hydrogen-bond donors (Lipinski definition) is 1. The summed E-state index contributed by atoms with van der Waals surface area (Å²) in [5.41, 5.74) is 1.71. The van der Waals surface area contributed by atoms with Gasteiger partial charge in [0.2, 0.25) is 0 Å². The quantitative estimate of drug-likeness (QED) is 0.754. The third-order valence-electron chi connectivity index (χ3n) is 3.44. The number of ether oxygens (including phenoxy) is 1. The van der Waals surface area contributed by atoms with Gasteiger partial charge in [-0.15, -0.1) is 0 Å². The Kier molecular flexibility index (Phi) is 4.63. The predicted molar refractivity (Wildman–Crippen MR) is 85.9 cm³/mol. The number of benzene rings is 1. The molecule has 1 N–H and O–H groups in total. The van der Waals surface area contributed by atoms with Crippen LogP contribution >= 0.6 is 0 Å². The Bertz CT molecular complexity index is 758. The van der Waals surface area contributed by atoms with Crippen molar-refractivity contribution in [1.29, 1.82) is 0 Å². The fraction of sp³-hybridized carbons (Fsp3) is 0.235. The summed E-state index contributed by atoms with van der Waals surface area (Å²) >= 11 is 0. The molecular formula is C17H18N4O2. The molecule has 1 aromatic carbocycles. The average molecular weight is 310 g/mol. The molecule has 23 heavy (non-hydrogen) atoms. The second-order valence-corrected chi connectivity index (χ2v) is 5.22. The van der Waals surface area contributed by atoms with Crippen molar-refractivity contribution in [2.45, 2.75) is 19.6 Å². The summed E-state index contributed by atoms with van der Waals surface area (Å²) in [5, 5.41) is 10.2. The van der Waals surface area contributed by atoms with Crippen molar-refractivity contribution in [3.8, 4) is 17.3 Å². The molecule has 3 aromatic rings. The lowest BCUT2D eigenvalue weighted by molar-refractivity contribution is 0.0925. The first-order chi connectivity index (χ1) is 11.2. The number of imidazole rings is 1. The summed E-state index contributed by atoms with van der Waals surface area (Å²) < 4.78 is 7.52. The van der Waals surface area contributed by atoms with Gasteiger partial charge < -0.3 is 14.4 Å². The van der Waals surface area contributed by atoms with Crippen LogP contribution in [0.1, 0.15) is 5.56 Å². The van der Waals surface area contributed by atoms with Crippen LogP contribution in [0.25, 0.3) is 11.5 Å². The molecule has 0 aliphatic rings. The van der Waals surface area contributed by atoms with E-state index in [4.69, 9.17) is 4.74 Å². The first kappa shape index (κ1) is 15.2. The molecule has 0 fully saturated rings. The van der Waals surface area contributed by atoms with E-state index in [0.717, 1.165) is 11.3 Å². The zero-order valence-corrected chi connectivity index (χ0v) is 12.8. The summed E-state index contributed by atoms with van der Waals surface area (Å²) in [6.45, 7) is 2.56. The zero-order valence-electron chi connectivity index (χ0n) is 12.8. The van der Waals surface area contributed by atoms with Gasteiger partial charge in [0.15, 0.2) is 5.82 Å². The average Bonchev–Trinajstić information content (AvgIpc) is 3.03. The summed E-state index contributed by atoms with van der Waals surface area (Å²) in [6.07, 6.45) is 7.71. The highest BCUT2D eigenvalue weighted by Gasteiger charge is 2.12. The normalized spacial score (nSPS) is 12.1. The molecule has 1 unspecified atom stereocenters. The van der Waals surface area contributed by atoms with Crippen molar-refractivity contribution in [2.24, 2.45) is 0 Å². The lowest BCUT2D eigenvalue weighted by atomic mass is 10.2. The van der Waals surface area contributed by atoms with Crippen LogP contribution in [0.2, 0.25) is 0 Å².